The van der Waals surface area contributed by atoms with E-state index < -0.39 is 17.6 Å². The molecule has 0 aliphatic carbocycles. The Kier molecular flexibility index (Phi) is 5.06. The van der Waals surface area contributed by atoms with Crippen LogP contribution < -0.4 is 5.32 Å². The van der Waals surface area contributed by atoms with Crippen LogP contribution in [-0.2, 0) is 12.6 Å². The first kappa shape index (κ1) is 17.7. The number of hydrogen-bond acceptors (Lipinski definition) is 2. The summed E-state index contributed by atoms with van der Waals surface area (Å²) in [5, 5.41) is 9.35. The number of alkyl halides is 3. The van der Waals surface area contributed by atoms with Crippen molar-refractivity contribution in [3.05, 3.63) is 77.5 Å². The second-order valence-electron chi connectivity index (χ2n) is 5.69. The van der Waals surface area contributed by atoms with Crippen LogP contribution in [0.15, 0.2) is 60.7 Å². The minimum absolute atomic E-state index is 0.0844. The molecule has 2 N–H and O–H groups in total. The number of benzene rings is 2. The predicted molar refractivity (Wildman–Crippen MR) is 91.5 cm³/mol. The van der Waals surface area contributed by atoms with Crippen LogP contribution in [0.2, 0.25) is 0 Å². The standard InChI is InChI=1S/C19H16F3N3O/c20-19(21,22)15-9-5-4-6-13(15)10-11-23-18(26)17-12-16(24-25-17)14-7-2-1-3-8-14/h1-9,12H,10-11H2,(H,23,26)(H,24,25). The molecule has 7 heteroatoms. The summed E-state index contributed by atoms with van der Waals surface area (Å²) in [5.41, 5.74) is 1.21. The first-order valence-corrected chi connectivity index (χ1v) is 7.99. The minimum Gasteiger partial charge on any atom is -0.350 e. The second kappa shape index (κ2) is 7.43. The Bertz CT molecular complexity index is 888. The lowest BCUT2D eigenvalue weighted by Crippen LogP contribution is -2.26. The molecule has 1 heterocycles. The number of aromatic amines is 1. The fraction of sp³-hybridized carbons (Fsp3) is 0.158. The van der Waals surface area contributed by atoms with Crippen LogP contribution >= 0.6 is 0 Å². The van der Waals surface area contributed by atoms with Crippen LogP contribution in [0.3, 0.4) is 0 Å². The van der Waals surface area contributed by atoms with Gasteiger partial charge in [-0.3, -0.25) is 9.89 Å². The largest absolute Gasteiger partial charge is 0.416 e. The highest BCUT2D eigenvalue weighted by atomic mass is 19.4. The predicted octanol–water partition coefficient (Wildman–Crippen LogP) is 4.07. The fourth-order valence-corrected chi connectivity index (χ4v) is 2.62. The lowest BCUT2D eigenvalue weighted by molar-refractivity contribution is -0.138. The van der Waals surface area contributed by atoms with Gasteiger partial charge in [-0.15, -0.1) is 0 Å². The molecule has 0 saturated carbocycles. The van der Waals surface area contributed by atoms with Gasteiger partial charge in [0.1, 0.15) is 5.69 Å². The normalized spacial score (nSPS) is 11.3. The molecule has 0 fully saturated rings. The third kappa shape index (κ3) is 4.11. The number of H-pyrrole nitrogens is 1. The number of carbonyl (C=O) groups excluding carboxylic acids is 1. The zero-order chi connectivity index (χ0) is 18.6. The average molecular weight is 359 g/mol. The highest BCUT2D eigenvalue weighted by Crippen LogP contribution is 2.31. The summed E-state index contributed by atoms with van der Waals surface area (Å²) in [5.74, 6) is -0.413. The highest BCUT2D eigenvalue weighted by Gasteiger charge is 2.32. The van der Waals surface area contributed by atoms with Crippen LogP contribution in [-0.4, -0.2) is 22.6 Å². The van der Waals surface area contributed by atoms with Crippen molar-refractivity contribution in [2.75, 3.05) is 6.54 Å². The Morgan fingerprint density at radius 1 is 1.04 bits per heavy atom. The van der Waals surface area contributed by atoms with Crippen molar-refractivity contribution in [2.45, 2.75) is 12.6 Å². The third-order valence-corrected chi connectivity index (χ3v) is 3.89. The van der Waals surface area contributed by atoms with E-state index in [1.807, 2.05) is 30.3 Å². The van der Waals surface area contributed by atoms with Gasteiger partial charge in [0.25, 0.3) is 5.91 Å². The summed E-state index contributed by atoms with van der Waals surface area (Å²) < 4.78 is 38.9. The molecule has 2 aromatic carbocycles. The lowest BCUT2D eigenvalue weighted by atomic mass is 10.0. The van der Waals surface area contributed by atoms with E-state index in [-0.39, 0.29) is 24.2 Å². The first-order chi connectivity index (χ1) is 12.4. The van der Waals surface area contributed by atoms with Crippen molar-refractivity contribution < 1.29 is 18.0 Å². The van der Waals surface area contributed by atoms with Gasteiger partial charge in [0.2, 0.25) is 0 Å². The highest BCUT2D eigenvalue weighted by molar-refractivity contribution is 5.93. The molecule has 1 amide bonds. The fourth-order valence-electron chi connectivity index (χ4n) is 2.62. The van der Waals surface area contributed by atoms with Gasteiger partial charge in [0, 0.05) is 12.1 Å². The molecule has 3 rings (SSSR count). The maximum Gasteiger partial charge on any atom is 0.416 e. The van der Waals surface area contributed by atoms with E-state index in [9.17, 15) is 18.0 Å². The molecule has 0 atom stereocenters. The van der Waals surface area contributed by atoms with Crippen LogP contribution in [0.1, 0.15) is 21.6 Å². The van der Waals surface area contributed by atoms with Crippen LogP contribution in [0.4, 0.5) is 13.2 Å². The number of carbonyl (C=O) groups is 1. The number of hydrogen-bond donors (Lipinski definition) is 2. The van der Waals surface area contributed by atoms with Gasteiger partial charge < -0.3 is 5.32 Å². The molecule has 0 saturated heterocycles. The molecule has 134 valence electrons. The van der Waals surface area contributed by atoms with Crippen molar-refractivity contribution in [1.29, 1.82) is 0 Å². The molecule has 0 radical (unpaired) electrons. The molecular weight excluding hydrogens is 343 g/mol. The van der Waals surface area contributed by atoms with E-state index in [2.05, 4.69) is 15.5 Å². The number of nitrogens with one attached hydrogen (secondary N) is 2. The van der Waals surface area contributed by atoms with Crippen molar-refractivity contribution in [2.24, 2.45) is 0 Å². The summed E-state index contributed by atoms with van der Waals surface area (Å²) >= 11 is 0. The Morgan fingerprint density at radius 3 is 2.46 bits per heavy atom. The van der Waals surface area contributed by atoms with Crippen LogP contribution in [0, 0.1) is 0 Å². The molecular formula is C19H16F3N3O. The topological polar surface area (TPSA) is 57.8 Å². The summed E-state index contributed by atoms with van der Waals surface area (Å²) in [6.07, 6.45) is -4.32. The second-order valence-corrected chi connectivity index (χ2v) is 5.69. The molecule has 0 unspecified atom stereocenters. The Balaban J connectivity index is 1.61. The number of aromatic nitrogens is 2. The molecule has 4 nitrogen and oxygen atoms in total. The van der Waals surface area contributed by atoms with Gasteiger partial charge in [-0.2, -0.15) is 18.3 Å². The van der Waals surface area contributed by atoms with E-state index >= 15 is 0 Å². The van der Waals surface area contributed by atoms with Crippen molar-refractivity contribution in [1.82, 2.24) is 15.5 Å². The summed E-state index contributed by atoms with van der Waals surface area (Å²) in [4.78, 5) is 12.2. The molecule has 0 aliphatic rings. The average Bonchev–Trinajstić information content (AvgIpc) is 3.12. The minimum atomic E-state index is -4.41. The first-order valence-electron chi connectivity index (χ1n) is 7.99. The molecule has 0 aliphatic heterocycles. The number of rotatable bonds is 5. The monoisotopic (exact) mass is 359 g/mol. The van der Waals surface area contributed by atoms with E-state index in [1.165, 1.54) is 12.1 Å². The molecule has 0 bridgehead atoms. The third-order valence-electron chi connectivity index (χ3n) is 3.89. The van der Waals surface area contributed by atoms with Crippen molar-refractivity contribution in [3.63, 3.8) is 0 Å². The Labute approximate surface area is 148 Å². The lowest BCUT2D eigenvalue weighted by Gasteiger charge is -2.12. The van der Waals surface area contributed by atoms with Gasteiger partial charge in [-0.1, -0.05) is 48.5 Å². The van der Waals surface area contributed by atoms with Gasteiger partial charge in [-0.05, 0) is 24.1 Å². The summed E-state index contributed by atoms with van der Waals surface area (Å²) in [7, 11) is 0. The van der Waals surface area contributed by atoms with Crippen LogP contribution in [0.25, 0.3) is 11.3 Å². The van der Waals surface area contributed by atoms with Gasteiger partial charge in [0.15, 0.2) is 0 Å². The van der Waals surface area contributed by atoms with Gasteiger partial charge >= 0.3 is 6.18 Å². The van der Waals surface area contributed by atoms with Crippen molar-refractivity contribution >= 4 is 5.91 Å². The Hall–Kier alpha value is -3.09. The maximum atomic E-state index is 13.0. The van der Waals surface area contributed by atoms with E-state index in [1.54, 1.807) is 12.1 Å². The Morgan fingerprint density at radius 2 is 1.73 bits per heavy atom. The quantitative estimate of drug-likeness (QED) is 0.722. The molecule has 3 aromatic rings. The van der Waals surface area contributed by atoms with Crippen molar-refractivity contribution in [3.8, 4) is 11.3 Å². The smallest absolute Gasteiger partial charge is 0.350 e. The van der Waals surface area contributed by atoms with E-state index in [0.717, 1.165) is 11.6 Å². The summed E-state index contributed by atoms with van der Waals surface area (Å²) in [6, 6.07) is 16.3. The van der Waals surface area contributed by atoms with Gasteiger partial charge in [-0.25, -0.2) is 0 Å². The SMILES string of the molecule is O=C(NCCc1ccccc1C(F)(F)F)c1cc(-c2ccccc2)n[nH]1. The molecule has 1 aromatic heterocycles. The van der Waals surface area contributed by atoms with E-state index in [4.69, 9.17) is 0 Å². The zero-order valence-corrected chi connectivity index (χ0v) is 13.7. The number of amides is 1. The van der Waals surface area contributed by atoms with Crippen LogP contribution in [0.5, 0.6) is 0 Å². The van der Waals surface area contributed by atoms with Gasteiger partial charge in [0.05, 0.1) is 11.3 Å². The van der Waals surface area contributed by atoms with E-state index in [0.29, 0.717) is 5.69 Å². The number of nitrogens with zero attached hydrogens (tertiary/aromatic N) is 1. The summed E-state index contributed by atoms with van der Waals surface area (Å²) in [6.45, 7) is 0.0889. The zero-order valence-electron chi connectivity index (χ0n) is 13.7. The maximum absolute atomic E-state index is 13.0. The number of halogens is 3. The molecule has 0 spiro atoms. The molecule has 26 heavy (non-hydrogen) atoms.